The fourth-order valence-corrected chi connectivity index (χ4v) is 4.29. The Bertz CT molecular complexity index is 985. The summed E-state index contributed by atoms with van der Waals surface area (Å²) in [4.78, 5) is 42.4. The number of hydrogen-bond donors (Lipinski definition) is 2. The molecule has 1 aliphatic carbocycles. The first-order valence-corrected chi connectivity index (χ1v) is 11.6. The second-order valence-electron chi connectivity index (χ2n) is 8.50. The first kappa shape index (κ1) is 24.7. The summed E-state index contributed by atoms with van der Waals surface area (Å²) in [6.45, 7) is 1.40. The molecule has 178 valence electrons. The number of rotatable bonds is 8. The molecule has 1 aliphatic rings. The minimum Gasteiger partial charge on any atom is -0.343 e. The Morgan fingerprint density at radius 2 is 1.91 bits per heavy atom. The van der Waals surface area contributed by atoms with Gasteiger partial charge >= 0.3 is 0 Å². The quantitative estimate of drug-likeness (QED) is 0.565. The van der Waals surface area contributed by atoms with E-state index in [0.717, 1.165) is 38.5 Å². The van der Waals surface area contributed by atoms with E-state index in [2.05, 4.69) is 20.8 Å². The number of hydrogen-bond acceptors (Lipinski definition) is 6. The van der Waals surface area contributed by atoms with E-state index in [-0.39, 0.29) is 37.1 Å². The predicted molar refractivity (Wildman–Crippen MR) is 124 cm³/mol. The lowest BCUT2D eigenvalue weighted by Crippen LogP contribution is -2.45. The van der Waals surface area contributed by atoms with E-state index in [1.165, 1.54) is 11.8 Å². The zero-order valence-corrected chi connectivity index (χ0v) is 19.8. The van der Waals surface area contributed by atoms with Crippen LogP contribution in [0.2, 0.25) is 5.02 Å². The predicted octanol–water partition coefficient (Wildman–Crippen LogP) is 3.44. The van der Waals surface area contributed by atoms with E-state index in [1.54, 1.807) is 31.3 Å². The van der Waals surface area contributed by atoms with Gasteiger partial charge in [-0.05, 0) is 31.0 Å². The monoisotopic (exact) mass is 475 g/mol. The van der Waals surface area contributed by atoms with Crippen LogP contribution >= 0.6 is 11.6 Å². The Morgan fingerprint density at radius 3 is 2.58 bits per heavy atom. The molecule has 0 saturated heterocycles. The molecule has 0 atom stereocenters. The van der Waals surface area contributed by atoms with Crippen LogP contribution in [-0.2, 0) is 26.3 Å². The Morgan fingerprint density at radius 1 is 1.18 bits per heavy atom. The number of carbonyl (C=O) groups excluding carboxylic acids is 3. The molecule has 0 spiro atoms. The van der Waals surface area contributed by atoms with Gasteiger partial charge in [-0.3, -0.25) is 14.4 Å². The van der Waals surface area contributed by atoms with E-state index in [0.29, 0.717) is 22.4 Å². The van der Waals surface area contributed by atoms with E-state index < -0.39 is 5.54 Å². The zero-order valence-electron chi connectivity index (χ0n) is 19.0. The Kier molecular flexibility index (Phi) is 8.43. The molecule has 1 aromatic carbocycles. The van der Waals surface area contributed by atoms with Crippen molar-refractivity contribution in [2.75, 3.05) is 18.9 Å². The number of aromatic nitrogens is 2. The Hall–Kier alpha value is -2.94. The second-order valence-corrected chi connectivity index (χ2v) is 8.93. The number of halogens is 1. The maximum atomic E-state index is 12.5. The van der Waals surface area contributed by atoms with E-state index >= 15 is 0 Å². The highest BCUT2D eigenvalue weighted by molar-refractivity contribution is 6.30. The summed E-state index contributed by atoms with van der Waals surface area (Å²) >= 11 is 5.92. The molecule has 1 fully saturated rings. The third kappa shape index (κ3) is 7.02. The van der Waals surface area contributed by atoms with Gasteiger partial charge in [0.05, 0.1) is 6.54 Å². The van der Waals surface area contributed by atoms with Crippen molar-refractivity contribution in [3.8, 4) is 0 Å². The summed E-state index contributed by atoms with van der Waals surface area (Å²) in [5.41, 5.74) is -0.0538. The number of likely N-dealkylation sites (N-methyl/N-ethyl adjacent to an activating group) is 1. The lowest BCUT2D eigenvalue weighted by molar-refractivity contribution is -0.133. The van der Waals surface area contributed by atoms with Crippen LogP contribution in [-0.4, -0.2) is 46.4 Å². The van der Waals surface area contributed by atoms with Gasteiger partial charge in [-0.25, -0.2) is 0 Å². The number of carbonyl (C=O) groups is 3. The molecule has 33 heavy (non-hydrogen) atoms. The largest absolute Gasteiger partial charge is 0.343 e. The standard InChI is InChI=1S/C23H30ClN5O4/c1-16(30)27-23(12-5-3-4-6-13-23)22-26-20(33-28-22)10-11-21(32)29(2)15-19(31)25-18-9-7-8-17(24)14-18/h7-9,14H,3-6,10-13,15H2,1-2H3,(H,25,31)(H,27,30). The molecule has 9 nitrogen and oxygen atoms in total. The van der Waals surface area contributed by atoms with Gasteiger partial charge in [0.2, 0.25) is 23.6 Å². The smallest absolute Gasteiger partial charge is 0.243 e. The van der Waals surface area contributed by atoms with Gasteiger partial charge in [0, 0.05) is 37.5 Å². The zero-order chi connectivity index (χ0) is 23.8. The van der Waals surface area contributed by atoms with Gasteiger partial charge in [-0.1, -0.05) is 48.5 Å². The fourth-order valence-electron chi connectivity index (χ4n) is 4.10. The summed E-state index contributed by atoms with van der Waals surface area (Å²) in [7, 11) is 1.57. The molecule has 0 aliphatic heterocycles. The van der Waals surface area contributed by atoms with Crippen molar-refractivity contribution >= 4 is 35.0 Å². The van der Waals surface area contributed by atoms with Crippen molar-refractivity contribution in [3.05, 3.63) is 41.0 Å². The summed E-state index contributed by atoms with van der Waals surface area (Å²) in [5, 5.41) is 10.4. The number of nitrogens with one attached hydrogen (secondary N) is 2. The van der Waals surface area contributed by atoms with Gasteiger partial charge in [0.15, 0.2) is 5.82 Å². The highest BCUT2D eigenvalue weighted by Crippen LogP contribution is 2.34. The first-order chi connectivity index (χ1) is 15.8. The molecule has 3 rings (SSSR count). The lowest BCUT2D eigenvalue weighted by Gasteiger charge is -2.30. The van der Waals surface area contributed by atoms with Crippen molar-refractivity contribution in [3.63, 3.8) is 0 Å². The summed E-state index contributed by atoms with van der Waals surface area (Å²) in [5.74, 6) is 0.136. The normalized spacial score (nSPS) is 15.4. The van der Waals surface area contributed by atoms with Crippen molar-refractivity contribution in [1.82, 2.24) is 20.4 Å². The van der Waals surface area contributed by atoms with Gasteiger partial charge in [0.1, 0.15) is 5.54 Å². The van der Waals surface area contributed by atoms with Crippen molar-refractivity contribution in [1.29, 1.82) is 0 Å². The number of benzene rings is 1. The molecule has 1 saturated carbocycles. The average molecular weight is 476 g/mol. The molecular weight excluding hydrogens is 446 g/mol. The molecule has 0 unspecified atom stereocenters. The minimum atomic E-state index is -0.622. The summed E-state index contributed by atoms with van der Waals surface area (Å²) < 4.78 is 5.39. The molecule has 3 amide bonds. The van der Waals surface area contributed by atoms with Crippen molar-refractivity contribution in [2.24, 2.45) is 0 Å². The maximum absolute atomic E-state index is 12.5. The number of nitrogens with zero attached hydrogens (tertiary/aromatic N) is 3. The highest BCUT2D eigenvalue weighted by atomic mass is 35.5. The Labute approximate surface area is 198 Å². The SMILES string of the molecule is CC(=O)NC1(c2noc(CCC(=O)N(C)CC(=O)Nc3cccc(Cl)c3)n2)CCCCCC1. The minimum absolute atomic E-state index is 0.0912. The third-order valence-corrected chi connectivity index (χ3v) is 5.97. The molecule has 0 bridgehead atoms. The summed E-state index contributed by atoms with van der Waals surface area (Å²) in [6, 6.07) is 6.80. The molecule has 1 aromatic heterocycles. The Balaban J connectivity index is 1.54. The van der Waals surface area contributed by atoms with Crippen LogP contribution in [0.15, 0.2) is 28.8 Å². The average Bonchev–Trinajstić information content (AvgIpc) is 3.11. The van der Waals surface area contributed by atoms with Crippen LogP contribution in [0.25, 0.3) is 0 Å². The maximum Gasteiger partial charge on any atom is 0.243 e. The highest BCUT2D eigenvalue weighted by Gasteiger charge is 2.38. The van der Waals surface area contributed by atoms with Crippen LogP contribution in [0.4, 0.5) is 5.69 Å². The first-order valence-electron chi connectivity index (χ1n) is 11.2. The van der Waals surface area contributed by atoms with Crippen LogP contribution in [0.5, 0.6) is 0 Å². The molecule has 2 aromatic rings. The van der Waals surface area contributed by atoms with E-state index in [9.17, 15) is 14.4 Å². The van der Waals surface area contributed by atoms with Crippen LogP contribution in [0, 0.1) is 0 Å². The topological polar surface area (TPSA) is 117 Å². The number of aryl methyl sites for hydroxylation is 1. The number of anilines is 1. The van der Waals surface area contributed by atoms with Crippen LogP contribution in [0.1, 0.15) is 63.6 Å². The summed E-state index contributed by atoms with van der Waals surface area (Å²) in [6.07, 6.45) is 6.06. The number of amides is 3. The van der Waals surface area contributed by atoms with Crippen molar-refractivity contribution < 1.29 is 18.9 Å². The van der Waals surface area contributed by atoms with Crippen LogP contribution in [0.3, 0.4) is 0 Å². The van der Waals surface area contributed by atoms with Gasteiger partial charge in [0.25, 0.3) is 0 Å². The van der Waals surface area contributed by atoms with Gasteiger partial charge < -0.3 is 20.1 Å². The van der Waals surface area contributed by atoms with Crippen molar-refractivity contribution in [2.45, 2.75) is 63.8 Å². The van der Waals surface area contributed by atoms with Gasteiger partial charge in [-0.2, -0.15) is 4.98 Å². The molecule has 1 heterocycles. The molecule has 2 N–H and O–H groups in total. The molecule has 0 radical (unpaired) electrons. The van der Waals surface area contributed by atoms with Gasteiger partial charge in [-0.15, -0.1) is 0 Å². The molecular formula is C23H30ClN5O4. The third-order valence-electron chi connectivity index (χ3n) is 5.74. The fraction of sp³-hybridized carbons (Fsp3) is 0.522. The van der Waals surface area contributed by atoms with Crippen LogP contribution < -0.4 is 10.6 Å². The second kappa shape index (κ2) is 11.3. The lowest BCUT2D eigenvalue weighted by atomic mass is 9.89. The molecule has 10 heteroatoms. The van der Waals surface area contributed by atoms with E-state index in [4.69, 9.17) is 16.1 Å². The van der Waals surface area contributed by atoms with E-state index in [1.807, 2.05) is 0 Å².